The van der Waals surface area contributed by atoms with Crippen LogP contribution in [0.25, 0.3) is 11.1 Å². The second kappa shape index (κ2) is 13.7. The van der Waals surface area contributed by atoms with Crippen molar-refractivity contribution in [3.8, 4) is 11.1 Å². The van der Waals surface area contributed by atoms with Gasteiger partial charge in [-0.1, -0.05) is 79.2 Å². The maximum atomic E-state index is 13.4. The standard InChI is InChI=1S/C31H38N4O2/c32-20-8-7-13-29-31(37)35(21-18-24-9-3-1-4-10-24)22-19-28(34-29)23-33-30(36)27-16-14-26(15-17-27)25-11-5-2-6-12-25/h1-6,9-12,14-17,28-29,34H,7-8,13,18-23,32H2,(H,33,36)/t28-,29+/m0/s1. The molecule has 6 heteroatoms. The monoisotopic (exact) mass is 498 g/mol. The Balaban J connectivity index is 1.35. The van der Waals surface area contributed by atoms with E-state index >= 15 is 0 Å². The first-order chi connectivity index (χ1) is 18.1. The molecule has 3 aromatic rings. The number of nitrogens with one attached hydrogen (secondary N) is 2. The van der Waals surface area contributed by atoms with E-state index in [1.165, 1.54) is 5.56 Å². The molecule has 1 heterocycles. The third kappa shape index (κ3) is 7.75. The number of nitrogens with zero attached hydrogens (tertiary/aromatic N) is 1. The summed E-state index contributed by atoms with van der Waals surface area (Å²) >= 11 is 0. The molecule has 1 saturated heterocycles. The van der Waals surface area contributed by atoms with Gasteiger partial charge in [-0.05, 0) is 61.1 Å². The normalized spacial score (nSPS) is 17.9. The summed E-state index contributed by atoms with van der Waals surface area (Å²) in [6.45, 7) is 2.48. The van der Waals surface area contributed by atoms with Gasteiger partial charge in [0.1, 0.15) is 0 Å². The first kappa shape index (κ1) is 26.6. The highest BCUT2D eigenvalue weighted by atomic mass is 16.2. The third-order valence-corrected chi connectivity index (χ3v) is 7.02. The molecule has 37 heavy (non-hydrogen) atoms. The molecule has 0 unspecified atom stereocenters. The highest BCUT2D eigenvalue weighted by Gasteiger charge is 2.30. The fourth-order valence-corrected chi connectivity index (χ4v) is 4.84. The fourth-order valence-electron chi connectivity index (χ4n) is 4.84. The van der Waals surface area contributed by atoms with Crippen molar-refractivity contribution in [2.45, 2.75) is 44.2 Å². The van der Waals surface area contributed by atoms with Crippen LogP contribution in [0.2, 0.25) is 0 Å². The number of benzene rings is 3. The first-order valence-electron chi connectivity index (χ1n) is 13.4. The molecule has 0 spiro atoms. The van der Waals surface area contributed by atoms with Crippen LogP contribution in [0.3, 0.4) is 0 Å². The molecule has 2 atom stereocenters. The summed E-state index contributed by atoms with van der Waals surface area (Å²) in [7, 11) is 0. The summed E-state index contributed by atoms with van der Waals surface area (Å²) in [5.41, 5.74) is 9.76. The lowest BCUT2D eigenvalue weighted by atomic mass is 10.0. The van der Waals surface area contributed by atoms with E-state index in [9.17, 15) is 9.59 Å². The summed E-state index contributed by atoms with van der Waals surface area (Å²) < 4.78 is 0. The van der Waals surface area contributed by atoms with Crippen LogP contribution in [-0.2, 0) is 11.2 Å². The molecule has 4 N–H and O–H groups in total. The van der Waals surface area contributed by atoms with Gasteiger partial charge < -0.3 is 21.3 Å². The zero-order chi connectivity index (χ0) is 25.9. The van der Waals surface area contributed by atoms with Crippen LogP contribution in [0, 0.1) is 0 Å². The van der Waals surface area contributed by atoms with Gasteiger partial charge in [-0.25, -0.2) is 0 Å². The van der Waals surface area contributed by atoms with Gasteiger partial charge in [0.05, 0.1) is 6.04 Å². The molecule has 1 fully saturated rings. The van der Waals surface area contributed by atoms with Gasteiger partial charge in [0.25, 0.3) is 5.91 Å². The number of amides is 2. The van der Waals surface area contributed by atoms with Crippen molar-refractivity contribution in [2.75, 3.05) is 26.2 Å². The predicted molar refractivity (Wildman–Crippen MR) is 149 cm³/mol. The molecule has 4 rings (SSSR count). The van der Waals surface area contributed by atoms with Crippen molar-refractivity contribution in [1.82, 2.24) is 15.5 Å². The molecule has 0 saturated carbocycles. The van der Waals surface area contributed by atoms with Crippen LogP contribution in [0.1, 0.15) is 41.6 Å². The Bertz CT molecular complexity index is 1120. The second-order valence-corrected chi connectivity index (χ2v) is 9.70. The van der Waals surface area contributed by atoms with E-state index in [0.717, 1.165) is 43.2 Å². The SMILES string of the molecule is NCCCC[C@H]1N[C@H](CNC(=O)c2ccc(-c3ccccc3)cc2)CCN(CCc2ccccc2)C1=O. The minimum atomic E-state index is -0.253. The lowest BCUT2D eigenvalue weighted by Crippen LogP contribution is -2.49. The van der Waals surface area contributed by atoms with Gasteiger partial charge in [-0.2, -0.15) is 0 Å². The summed E-state index contributed by atoms with van der Waals surface area (Å²) in [4.78, 5) is 28.2. The van der Waals surface area contributed by atoms with Gasteiger partial charge in [0.15, 0.2) is 0 Å². The average Bonchev–Trinajstić information content (AvgIpc) is 3.10. The molecule has 1 aliphatic heterocycles. The fraction of sp³-hybridized carbons (Fsp3) is 0.355. The topological polar surface area (TPSA) is 87.5 Å². The zero-order valence-electron chi connectivity index (χ0n) is 21.4. The number of unbranched alkanes of at least 4 members (excludes halogenated alkanes) is 1. The number of nitrogens with two attached hydrogens (primary N) is 1. The Labute approximate surface area is 220 Å². The Morgan fingerprint density at radius 2 is 1.59 bits per heavy atom. The quantitative estimate of drug-likeness (QED) is 0.349. The van der Waals surface area contributed by atoms with Crippen LogP contribution in [0.5, 0.6) is 0 Å². The average molecular weight is 499 g/mol. The van der Waals surface area contributed by atoms with Crippen molar-refractivity contribution in [3.05, 3.63) is 96.1 Å². The summed E-state index contributed by atoms with van der Waals surface area (Å²) in [5, 5.41) is 6.62. The predicted octanol–water partition coefficient (Wildman–Crippen LogP) is 4.01. The maximum Gasteiger partial charge on any atom is 0.251 e. The van der Waals surface area contributed by atoms with Crippen LogP contribution in [-0.4, -0.2) is 55.0 Å². The van der Waals surface area contributed by atoms with Crippen LogP contribution in [0.15, 0.2) is 84.9 Å². The van der Waals surface area contributed by atoms with E-state index in [1.807, 2.05) is 65.6 Å². The largest absolute Gasteiger partial charge is 0.350 e. The molecular weight excluding hydrogens is 460 g/mol. The number of rotatable bonds is 11. The molecule has 194 valence electrons. The summed E-state index contributed by atoms with van der Waals surface area (Å²) in [5.74, 6) is 0.0517. The van der Waals surface area contributed by atoms with E-state index in [-0.39, 0.29) is 23.9 Å². The lowest BCUT2D eigenvalue weighted by Gasteiger charge is -2.25. The molecule has 0 radical (unpaired) electrons. The van der Waals surface area contributed by atoms with Gasteiger partial charge in [-0.15, -0.1) is 0 Å². The zero-order valence-corrected chi connectivity index (χ0v) is 21.4. The smallest absolute Gasteiger partial charge is 0.251 e. The highest BCUT2D eigenvalue weighted by Crippen LogP contribution is 2.19. The second-order valence-electron chi connectivity index (χ2n) is 9.70. The van der Waals surface area contributed by atoms with Crippen LogP contribution in [0.4, 0.5) is 0 Å². The number of carbonyl (C=O) groups excluding carboxylic acids is 2. The van der Waals surface area contributed by atoms with Crippen molar-refractivity contribution in [1.29, 1.82) is 0 Å². The van der Waals surface area contributed by atoms with Crippen molar-refractivity contribution in [3.63, 3.8) is 0 Å². The van der Waals surface area contributed by atoms with Crippen molar-refractivity contribution in [2.24, 2.45) is 5.73 Å². The van der Waals surface area contributed by atoms with E-state index in [1.54, 1.807) is 0 Å². The van der Waals surface area contributed by atoms with E-state index < -0.39 is 0 Å². The summed E-state index contributed by atoms with van der Waals surface area (Å²) in [6.07, 6.45) is 4.18. The maximum absolute atomic E-state index is 13.4. The van der Waals surface area contributed by atoms with Gasteiger partial charge in [0, 0.05) is 31.2 Å². The van der Waals surface area contributed by atoms with E-state index in [0.29, 0.717) is 31.7 Å². The van der Waals surface area contributed by atoms with Gasteiger partial charge in [-0.3, -0.25) is 9.59 Å². The Morgan fingerprint density at radius 1 is 0.919 bits per heavy atom. The van der Waals surface area contributed by atoms with E-state index in [4.69, 9.17) is 5.73 Å². The molecule has 0 bridgehead atoms. The minimum Gasteiger partial charge on any atom is -0.350 e. The van der Waals surface area contributed by atoms with Crippen molar-refractivity contribution < 1.29 is 9.59 Å². The highest BCUT2D eigenvalue weighted by molar-refractivity contribution is 5.94. The van der Waals surface area contributed by atoms with Crippen LogP contribution < -0.4 is 16.4 Å². The minimum absolute atomic E-state index is 0.0288. The lowest BCUT2D eigenvalue weighted by molar-refractivity contribution is -0.132. The third-order valence-electron chi connectivity index (χ3n) is 7.02. The molecule has 0 aliphatic carbocycles. The molecule has 2 amide bonds. The summed E-state index contributed by atoms with van der Waals surface area (Å²) in [6, 6.07) is 27.9. The number of carbonyl (C=O) groups is 2. The Morgan fingerprint density at radius 3 is 2.30 bits per heavy atom. The van der Waals surface area contributed by atoms with Crippen LogP contribution >= 0.6 is 0 Å². The number of hydrogen-bond donors (Lipinski definition) is 3. The molecular formula is C31H38N4O2. The number of hydrogen-bond acceptors (Lipinski definition) is 4. The van der Waals surface area contributed by atoms with E-state index in [2.05, 4.69) is 34.9 Å². The molecule has 3 aromatic carbocycles. The molecule has 6 nitrogen and oxygen atoms in total. The Hall–Kier alpha value is -3.48. The Kier molecular flexibility index (Phi) is 9.86. The molecule has 0 aromatic heterocycles. The molecule has 1 aliphatic rings. The van der Waals surface area contributed by atoms with Crippen molar-refractivity contribution >= 4 is 11.8 Å². The van der Waals surface area contributed by atoms with Gasteiger partial charge in [0.2, 0.25) is 5.91 Å². The first-order valence-corrected chi connectivity index (χ1v) is 13.4. The van der Waals surface area contributed by atoms with Gasteiger partial charge >= 0.3 is 0 Å².